The fourth-order valence-corrected chi connectivity index (χ4v) is 2.32. The smallest absolute Gasteiger partial charge is 0.251 e. The Morgan fingerprint density at radius 2 is 1.81 bits per heavy atom. The number of anilines is 2. The van der Waals surface area contributed by atoms with Gasteiger partial charge in [-0.2, -0.15) is 0 Å². The van der Waals surface area contributed by atoms with Gasteiger partial charge >= 0.3 is 0 Å². The summed E-state index contributed by atoms with van der Waals surface area (Å²) < 4.78 is 4.95. The quantitative estimate of drug-likeness (QED) is 0.604. The van der Waals surface area contributed by atoms with E-state index in [1.807, 2.05) is 31.2 Å². The zero-order chi connectivity index (χ0) is 18.8. The van der Waals surface area contributed by atoms with E-state index in [2.05, 4.69) is 16.0 Å². The molecule has 0 aliphatic heterocycles. The van der Waals surface area contributed by atoms with E-state index in [4.69, 9.17) is 4.74 Å². The van der Waals surface area contributed by atoms with Crippen molar-refractivity contribution in [2.75, 3.05) is 37.4 Å². The highest BCUT2D eigenvalue weighted by Gasteiger charge is 2.07. The van der Waals surface area contributed by atoms with Crippen LogP contribution in [0.2, 0.25) is 0 Å². The molecule has 2 aromatic carbocycles. The highest BCUT2D eigenvalue weighted by molar-refractivity contribution is 5.98. The molecule has 3 N–H and O–H groups in total. The Balaban J connectivity index is 1.83. The fourth-order valence-electron chi connectivity index (χ4n) is 2.32. The maximum Gasteiger partial charge on any atom is 0.251 e. The average molecular weight is 355 g/mol. The number of methoxy groups -OCH3 is 1. The minimum atomic E-state index is -0.178. The van der Waals surface area contributed by atoms with Crippen molar-refractivity contribution in [2.45, 2.75) is 13.3 Å². The Kier molecular flexibility index (Phi) is 7.64. The highest BCUT2D eigenvalue weighted by Crippen LogP contribution is 2.11. The lowest BCUT2D eigenvalue weighted by Gasteiger charge is -2.10. The first-order valence-corrected chi connectivity index (χ1v) is 8.56. The highest BCUT2D eigenvalue weighted by atomic mass is 16.5. The van der Waals surface area contributed by atoms with E-state index in [0.29, 0.717) is 24.4 Å². The molecule has 2 aromatic rings. The molecule has 0 saturated carbocycles. The van der Waals surface area contributed by atoms with Crippen molar-refractivity contribution in [3.8, 4) is 0 Å². The Labute approximate surface area is 153 Å². The predicted molar refractivity (Wildman–Crippen MR) is 104 cm³/mol. The van der Waals surface area contributed by atoms with Gasteiger partial charge in [-0.1, -0.05) is 23.8 Å². The standard InChI is InChI=1S/C20H25N3O3/c1-15-7-9-17(10-8-15)22-14-19(24)23-18-6-3-5-16(13-18)20(25)21-11-4-12-26-2/h3,5-10,13,22H,4,11-12,14H2,1-2H3,(H,21,25)(H,23,24). The zero-order valence-corrected chi connectivity index (χ0v) is 15.2. The topological polar surface area (TPSA) is 79.5 Å². The fraction of sp³-hybridized carbons (Fsp3) is 0.300. The lowest BCUT2D eigenvalue weighted by molar-refractivity contribution is -0.114. The number of hydrogen-bond donors (Lipinski definition) is 3. The molecule has 0 fully saturated rings. The summed E-state index contributed by atoms with van der Waals surface area (Å²) in [5.41, 5.74) is 3.14. The molecule has 0 aliphatic carbocycles. The lowest BCUT2D eigenvalue weighted by atomic mass is 10.2. The average Bonchev–Trinajstić information content (AvgIpc) is 2.65. The van der Waals surface area contributed by atoms with Crippen molar-refractivity contribution in [2.24, 2.45) is 0 Å². The molecule has 26 heavy (non-hydrogen) atoms. The third-order valence-electron chi connectivity index (χ3n) is 3.72. The Bertz CT molecular complexity index is 729. The number of rotatable bonds is 9. The van der Waals surface area contributed by atoms with E-state index in [1.54, 1.807) is 31.4 Å². The zero-order valence-electron chi connectivity index (χ0n) is 15.2. The lowest BCUT2D eigenvalue weighted by Crippen LogP contribution is -2.25. The summed E-state index contributed by atoms with van der Waals surface area (Å²) in [6.45, 7) is 3.31. The molecule has 0 bridgehead atoms. The second kappa shape index (κ2) is 10.2. The third kappa shape index (κ3) is 6.57. The minimum absolute atomic E-state index is 0.149. The van der Waals surface area contributed by atoms with Crippen LogP contribution in [-0.2, 0) is 9.53 Å². The summed E-state index contributed by atoms with van der Waals surface area (Å²) in [6, 6.07) is 14.7. The molecule has 0 aliphatic rings. The molecular weight excluding hydrogens is 330 g/mol. The van der Waals surface area contributed by atoms with Gasteiger partial charge in [0.25, 0.3) is 5.91 Å². The number of ether oxygens (including phenoxy) is 1. The molecule has 0 heterocycles. The molecule has 0 aromatic heterocycles. The number of carbonyl (C=O) groups is 2. The molecule has 0 atom stereocenters. The van der Waals surface area contributed by atoms with E-state index in [1.165, 1.54) is 0 Å². The molecule has 6 nitrogen and oxygen atoms in total. The van der Waals surface area contributed by atoms with Crippen LogP contribution < -0.4 is 16.0 Å². The van der Waals surface area contributed by atoms with Crippen LogP contribution in [0.5, 0.6) is 0 Å². The SMILES string of the molecule is COCCCNC(=O)c1cccc(NC(=O)CNc2ccc(C)cc2)c1. The predicted octanol–water partition coefficient (Wildman–Crippen LogP) is 2.81. The van der Waals surface area contributed by atoms with Gasteiger partial charge in [-0.3, -0.25) is 9.59 Å². The van der Waals surface area contributed by atoms with Gasteiger partial charge in [-0.25, -0.2) is 0 Å². The largest absolute Gasteiger partial charge is 0.385 e. The van der Waals surface area contributed by atoms with Crippen molar-refractivity contribution >= 4 is 23.2 Å². The van der Waals surface area contributed by atoms with Crippen LogP contribution in [-0.4, -0.2) is 38.6 Å². The summed E-state index contributed by atoms with van der Waals surface area (Å²) in [4.78, 5) is 24.2. The molecule has 0 saturated heterocycles. The van der Waals surface area contributed by atoms with Crippen molar-refractivity contribution in [1.29, 1.82) is 0 Å². The van der Waals surface area contributed by atoms with Gasteiger partial charge in [0.15, 0.2) is 0 Å². The normalized spacial score (nSPS) is 10.2. The Hall–Kier alpha value is -2.86. The van der Waals surface area contributed by atoms with Gasteiger partial charge in [-0.15, -0.1) is 0 Å². The van der Waals surface area contributed by atoms with Gasteiger partial charge in [-0.05, 0) is 43.7 Å². The van der Waals surface area contributed by atoms with Crippen LogP contribution in [0.15, 0.2) is 48.5 Å². The van der Waals surface area contributed by atoms with Gasteiger partial charge in [0.2, 0.25) is 5.91 Å². The second-order valence-corrected chi connectivity index (χ2v) is 5.95. The van der Waals surface area contributed by atoms with Crippen LogP contribution in [0, 0.1) is 6.92 Å². The summed E-state index contributed by atoms with van der Waals surface area (Å²) in [7, 11) is 1.63. The Morgan fingerprint density at radius 3 is 2.54 bits per heavy atom. The van der Waals surface area contributed by atoms with Gasteiger partial charge in [0.05, 0.1) is 6.54 Å². The molecule has 2 rings (SSSR count). The monoisotopic (exact) mass is 355 g/mol. The molecular formula is C20H25N3O3. The van der Waals surface area contributed by atoms with Gasteiger partial charge in [0.1, 0.15) is 0 Å². The number of amides is 2. The molecule has 2 amide bonds. The first kappa shape index (κ1) is 19.5. The first-order valence-electron chi connectivity index (χ1n) is 8.56. The van der Waals surface area contributed by atoms with Crippen LogP contribution in [0.25, 0.3) is 0 Å². The number of carbonyl (C=O) groups excluding carboxylic acids is 2. The summed E-state index contributed by atoms with van der Waals surface area (Å²) in [6.07, 6.45) is 0.753. The molecule has 0 spiro atoms. The van der Waals surface area contributed by atoms with E-state index in [9.17, 15) is 9.59 Å². The number of benzene rings is 2. The van der Waals surface area contributed by atoms with Crippen molar-refractivity contribution in [3.05, 3.63) is 59.7 Å². The van der Waals surface area contributed by atoms with Crippen molar-refractivity contribution < 1.29 is 14.3 Å². The van der Waals surface area contributed by atoms with Crippen LogP contribution in [0.3, 0.4) is 0 Å². The van der Waals surface area contributed by atoms with Gasteiger partial charge < -0.3 is 20.7 Å². The first-order chi connectivity index (χ1) is 12.6. The summed E-state index contributed by atoms with van der Waals surface area (Å²) in [5.74, 6) is -0.349. The number of nitrogens with one attached hydrogen (secondary N) is 3. The van der Waals surface area contributed by atoms with E-state index >= 15 is 0 Å². The van der Waals surface area contributed by atoms with Crippen molar-refractivity contribution in [3.63, 3.8) is 0 Å². The minimum Gasteiger partial charge on any atom is -0.385 e. The summed E-state index contributed by atoms with van der Waals surface area (Å²) >= 11 is 0. The molecule has 0 unspecified atom stereocenters. The van der Waals surface area contributed by atoms with Gasteiger partial charge in [0, 0.05) is 37.2 Å². The van der Waals surface area contributed by atoms with Crippen LogP contribution in [0.1, 0.15) is 22.3 Å². The molecule has 138 valence electrons. The second-order valence-electron chi connectivity index (χ2n) is 5.95. The molecule has 0 radical (unpaired) electrons. The molecule has 6 heteroatoms. The summed E-state index contributed by atoms with van der Waals surface area (Å²) in [5, 5.41) is 8.68. The maximum absolute atomic E-state index is 12.1. The third-order valence-corrected chi connectivity index (χ3v) is 3.72. The number of hydrogen-bond acceptors (Lipinski definition) is 4. The van der Waals surface area contributed by atoms with E-state index < -0.39 is 0 Å². The van der Waals surface area contributed by atoms with E-state index in [-0.39, 0.29) is 18.4 Å². The van der Waals surface area contributed by atoms with Crippen molar-refractivity contribution in [1.82, 2.24) is 5.32 Å². The Morgan fingerprint density at radius 1 is 1.04 bits per heavy atom. The van der Waals surface area contributed by atoms with Crippen LogP contribution in [0.4, 0.5) is 11.4 Å². The van der Waals surface area contributed by atoms with E-state index in [0.717, 1.165) is 17.7 Å². The number of aryl methyl sites for hydroxylation is 1. The maximum atomic E-state index is 12.1. The van der Waals surface area contributed by atoms with Crippen LogP contribution >= 0.6 is 0 Å².